The van der Waals surface area contributed by atoms with Gasteiger partial charge in [-0.15, -0.1) is 0 Å². The second-order valence-electron chi connectivity index (χ2n) is 16.1. The Morgan fingerprint density at radius 1 is 1.05 bits per heavy atom. The van der Waals surface area contributed by atoms with Crippen molar-refractivity contribution < 1.29 is 18.8 Å². The number of carbonyl (C=O) groups excluding carboxylic acids is 2. The van der Waals surface area contributed by atoms with Crippen LogP contribution in [0.3, 0.4) is 0 Å². The number of aromatic nitrogens is 1. The molecule has 5 nitrogen and oxygen atoms in total. The summed E-state index contributed by atoms with van der Waals surface area (Å²) >= 11 is 0. The number of hydrogen-bond donors (Lipinski definition) is 0. The summed E-state index contributed by atoms with van der Waals surface area (Å²) in [4.78, 5) is 24.7. The first kappa shape index (κ1) is 32.9. The molecule has 0 aliphatic heterocycles. The quantitative estimate of drug-likeness (QED) is 0.226. The van der Waals surface area contributed by atoms with Gasteiger partial charge in [-0.05, 0) is 91.8 Å². The molecule has 0 bridgehead atoms. The zero-order valence-corrected chi connectivity index (χ0v) is 27.7. The molecule has 5 heteroatoms. The number of ketones is 1. The van der Waals surface area contributed by atoms with Crippen molar-refractivity contribution in [3.8, 4) is 0 Å². The predicted molar refractivity (Wildman–Crippen MR) is 162 cm³/mol. The normalized spacial score (nSPS) is 30.2. The molecule has 1 heterocycles. The Morgan fingerprint density at radius 3 is 2.30 bits per heavy atom. The van der Waals surface area contributed by atoms with Crippen LogP contribution in [-0.2, 0) is 20.7 Å². The summed E-state index contributed by atoms with van der Waals surface area (Å²) in [6.07, 6.45) is 12.3. The number of ether oxygens (including phenoxy) is 1. The van der Waals surface area contributed by atoms with E-state index in [0.717, 1.165) is 50.7 Å². The van der Waals surface area contributed by atoms with Gasteiger partial charge in [-0.3, -0.25) is 4.79 Å². The Hall–Kier alpha value is -1.65. The van der Waals surface area contributed by atoms with Crippen molar-refractivity contribution in [3.63, 3.8) is 0 Å². The van der Waals surface area contributed by atoms with Crippen molar-refractivity contribution in [2.75, 3.05) is 6.61 Å². The third-order valence-electron chi connectivity index (χ3n) is 12.0. The molecule has 0 aromatic carbocycles. The van der Waals surface area contributed by atoms with E-state index in [1.807, 2.05) is 6.20 Å². The van der Waals surface area contributed by atoms with Gasteiger partial charge in [-0.25, -0.2) is 0 Å². The Bertz CT molecular complexity index is 1040. The topological polar surface area (TPSA) is 69.4 Å². The lowest BCUT2D eigenvalue weighted by Crippen LogP contribution is -2.57. The molecule has 2 aliphatic rings. The summed E-state index contributed by atoms with van der Waals surface area (Å²) in [5, 5.41) is 4.17. The predicted octanol–water partition coefficient (Wildman–Crippen LogP) is 9.33. The average Bonchev–Trinajstić information content (AvgIpc) is 3.31. The molecule has 6 atom stereocenters. The van der Waals surface area contributed by atoms with Gasteiger partial charge in [0.05, 0.1) is 12.8 Å². The molecule has 0 amide bonds. The number of nitrogens with zero attached hydrogens (tertiary/aromatic N) is 1. The van der Waals surface area contributed by atoms with E-state index >= 15 is 0 Å². The van der Waals surface area contributed by atoms with E-state index in [9.17, 15) is 9.59 Å². The Balaban J connectivity index is 1.89. The number of carbonyl (C=O) groups is 2. The molecule has 0 spiro atoms. The highest BCUT2D eigenvalue weighted by atomic mass is 16.5. The van der Waals surface area contributed by atoms with Crippen LogP contribution >= 0.6 is 0 Å². The van der Waals surface area contributed by atoms with E-state index in [4.69, 9.17) is 9.26 Å². The highest BCUT2D eigenvalue weighted by Crippen LogP contribution is 2.67. The summed E-state index contributed by atoms with van der Waals surface area (Å²) in [6.45, 7) is 25.2. The van der Waals surface area contributed by atoms with Crippen LogP contribution in [0.15, 0.2) is 10.7 Å². The molecule has 3 rings (SSSR count). The summed E-state index contributed by atoms with van der Waals surface area (Å²) in [6, 6.07) is 0. The van der Waals surface area contributed by atoms with Gasteiger partial charge < -0.3 is 14.1 Å². The maximum absolute atomic E-state index is 12.8. The van der Waals surface area contributed by atoms with Crippen LogP contribution < -0.4 is 0 Å². The fraction of sp³-hybridized carbons (Fsp3) is 0.857. The maximum atomic E-state index is 12.8. The van der Waals surface area contributed by atoms with E-state index in [2.05, 4.69) is 67.5 Å². The van der Waals surface area contributed by atoms with Gasteiger partial charge in [0.15, 0.2) is 0 Å². The van der Waals surface area contributed by atoms with Crippen molar-refractivity contribution in [2.45, 2.75) is 146 Å². The molecule has 2 aliphatic carbocycles. The van der Waals surface area contributed by atoms with Crippen molar-refractivity contribution in [2.24, 2.45) is 38.9 Å². The highest BCUT2D eigenvalue weighted by molar-refractivity contribution is 5.76. The molecule has 0 radical (unpaired) electrons. The molecule has 0 N–H and O–H groups in total. The first-order valence-electron chi connectivity index (χ1n) is 16.0. The van der Waals surface area contributed by atoms with E-state index in [0.29, 0.717) is 24.9 Å². The molecule has 1 aromatic rings. The van der Waals surface area contributed by atoms with Crippen LogP contribution in [0.2, 0.25) is 0 Å². The number of fused-ring (bicyclic) bond motifs is 2. The zero-order chi connectivity index (χ0) is 30.1. The Morgan fingerprint density at radius 2 is 1.70 bits per heavy atom. The van der Waals surface area contributed by atoms with Crippen molar-refractivity contribution >= 4 is 11.8 Å². The van der Waals surface area contributed by atoms with Gasteiger partial charge in [0.25, 0.3) is 0 Å². The molecular formula is C35H59NO4. The second kappa shape index (κ2) is 11.9. The van der Waals surface area contributed by atoms with Gasteiger partial charge in [0.2, 0.25) is 0 Å². The summed E-state index contributed by atoms with van der Waals surface area (Å²) in [5.41, 5.74) is 1.46. The van der Waals surface area contributed by atoms with Gasteiger partial charge in [-0.2, -0.15) is 0 Å². The smallest absolute Gasteiger partial charge is 0.302 e. The minimum Gasteiger partial charge on any atom is -0.465 e. The van der Waals surface area contributed by atoms with Gasteiger partial charge in [0, 0.05) is 30.2 Å². The number of rotatable bonds is 13. The number of esters is 1. The monoisotopic (exact) mass is 557 g/mol. The third-order valence-corrected chi connectivity index (χ3v) is 12.0. The van der Waals surface area contributed by atoms with E-state index in [1.165, 1.54) is 25.3 Å². The molecule has 228 valence electrons. The minimum absolute atomic E-state index is 0.00212. The fourth-order valence-electron chi connectivity index (χ4n) is 8.83. The van der Waals surface area contributed by atoms with Crippen LogP contribution in [0.5, 0.6) is 0 Å². The SMILES string of the molecule is CCCC(C)(C)CC[C@@](C)(CCC(C)(C)[C@]1(C)CC[C@H]2[C@H](C)c3oncc3C[C@]2(C)C1CC(C)=O)COC(C)=O. The minimum atomic E-state index is -0.197. The lowest BCUT2D eigenvalue weighted by Gasteiger charge is -2.63. The van der Waals surface area contributed by atoms with Crippen LogP contribution in [0, 0.1) is 38.9 Å². The Kier molecular flexibility index (Phi) is 9.79. The van der Waals surface area contributed by atoms with Crippen molar-refractivity contribution in [3.05, 3.63) is 17.5 Å². The van der Waals surface area contributed by atoms with E-state index in [-0.39, 0.29) is 44.7 Å². The molecule has 1 unspecified atom stereocenters. The molecule has 1 saturated carbocycles. The average molecular weight is 558 g/mol. The van der Waals surface area contributed by atoms with E-state index < -0.39 is 0 Å². The molecule has 1 aromatic heterocycles. The summed E-state index contributed by atoms with van der Waals surface area (Å²) < 4.78 is 11.4. The van der Waals surface area contributed by atoms with Gasteiger partial charge in [-0.1, -0.05) is 73.9 Å². The van der Waals surface area contributed by atoms with Crippen molar-refractivity contribution in [1.82, 2.24) is 5.16 Å². The highest BCUT2D eigenvalue weighted by Gasteiger charge is 2.61. The molecule has 0 saturated heterocycles. The molecule has 1 fully saturated rings. The second-order valence-corrected chi connectivity index (χ2v) is 16.1. The maximum Gasteiger partial charge on any atom is 0.302 e. The van der Waals surface area contributed by atoms with Crippen LogP contribution in [0.25, 0.3) is 0 Å². The first-order chi connectivity index (χ1) is 18.4. The lowest BCUT2D eigenvalue weighted by atomic mass is 9.40. The summed E-state index contributed by atoms with van der Waals surface area (Å²) in [7, 11) is 0. The summed E-state index contributed by atoms with van der Waals surface area (Å²) in [5.74, 6) is 2.22. The Labute approximate surface area is 244 Å². The van der Waals surface area contributed by atoms with Gasteiger partial charge >= 0.3 is 5.97 Å². The molecular weight excluding hydrogens is 498 g/mol. The van der Waals surface area contributed by atoms with Crippen LogP contribution in [0.1, 0.15) is 151 Å². The van der Waals surface area contributed by atoms with E-state index in [1.54, 1.807) is 6.92 Å². The largest absolute Gasteiger partial charge is 0.465 e. The van der Waals surface area contributed by atoms with Crippen molar-refractivity contribution in [1.29, 1.82) is 0 Å². The first-order valence-corrected chi connectivity index (χ1v) is 16.0. The van der Waals surface area contributed by atoms with Crippen LogP contribution in [-0.4, -0.2) is 23.5 Å². The molecule has 40 heavy (non-hydrogen) atoms. The fourth-order valence-corrected chi connectivity index (χ4v) is 8.83. The lowest BCUT2D eigenvalue weighted by molar-refractivity contribution is -0.149. The number of hydrogen-bond acceptors (Lipinski definition) is 5. The standard InChI is InChI=1S/C35H59NO4/c1-12-14-31(5,6)16-18-33(9,23-39-26(4)38)19-17-32(7,8)35(11)15-13-28-25(3)30-27(22-36-40-30)21-34(28,10)29(35)20-24(2)37/h22,25,28-29H,12-21,23H2,1-11H3/t25-,28-,29?,33-,34-,35+/m0/s1. The third kappa shape index (κ3) is 6.70. The van der Waals surface area contributed by atoms with Gasteiger partial charge in [0.1, 0.15) is 11.5 Å². The zero-order valence-electron chi connectivity index (χ0n) is 27.7. The van der Waals surface area contributed by atoms with Crippen LogP contribution in [0.4, 0.5) is 0 Å². The number of Topliss-reactive ketones (excluding diaryl/α,β-unsaturated/α-hetero) is 1.